The quantitative estimate of drug-likeness (QED) is 0.150. The van der Waals surface area contributed by atoms with Gasteiger partial charge in [0.2, 0.25) is 0 Å². The van der Waals surface area contributed by atoms with Gasteiger partial charge in [-0.05, 0) is 42.8 Å². The SMILES string of the molecule is CNc1cccc(-c2cn3ccnc3c(Nc3ccc(C(=O)N4CCOCC4)cc3)n2)c1C.NS/C=C(\N)C=O. The van der Waals surface area contributed by atoms with Gasteiger partial charge in [0.05, 0.1) is 24.6 Å². The minimum Gasteiger partial charge on any atom is -0.396 e. The number of anilines is 3. The maximum atomic E-state index is 12.7. The Morgan fingerprint density at radius 3 is 2.55 bits per heavy atom. The summed E-state index contributed by atoms with van der Waals surface area (Å²) in [5.74, 6) is 0.680. The molecule has 0 unspecified atom stereocenters. The van der Waals surface area contributed by atoms with Crippen LogP contribution in [0.2, 0.25) is 0 Å². The number of hydrogen-bond acceptors (Lipinski definition) is 10. The second-order valence-corrected chi connectivity index (χ2v) is 9.35. The molecule has 3 heterocycles. The molecule has 1 aliphatic heterocycles. The third-order valence-corrected chi connectivity index (χ3v) is 6.69. The predicted molar refractivity (Wildman–Crippen MR) is 159 cm³/mol. The third kappa shape index (κ3) is 6.78. The van der Waals surface area contributed by atoms with Gasteiger partial charge < -0.3 is 30.4 Å². The van der Waals surface area contributed by atoms with Crippen molar-refractivity contribution in [3.05, 3.63) is 83.3 Å². The Morgan fingerprint density at radius 1 is 1.15 bits per heavy atom. The molecule has 208 valence electrons. The number of fused-ring (bicyclic) bond motifs is 1. The second-order valence-electron chi connectivity index (χ2n) is 8.84. The number of amides is 1. The van der Waals surface area contributed by atoms with Gasteiger partial charge in [-0.3, -0.25) is 14.7 Å². The van der Waals surface area contributed by atoms with Crippen LogP contribution in [0.25, 0.3) is 16.9 Å². The van der Waals surface area contributed by atoms with Crippen molar-refractivity contribution in [2.45, 2.75) is 6.92 Å². The lowest BCUT2D eigenvalue weighted by molar-refractivity contribution is -0.104. The number of allylic oxidation sites excluding steroid dienone is 1. The van der Waals surface area contributed by atoms with Crippen LogP contribution < -0.4 is 21.5 Å². The molecule has 0 atom stereocenters. The average molecular weight is 561 g/mol. The van der Waals surface area contributed by atoms with Crippen LogP contribution in [-0.2, 0) is 9.53 Å². The summed E-state index contributed by atoms with van der Waals surface area (Å²) in [4.78, 5) is 33.5. The van der Waals surface area contributed by atoms with Crippen LogP contribution in [0.15, 0.2) is 72.2 Å². The van der Waals surface area contributed by atoms with E-state index >= 15 is 0 Å². The van der Waals surface area contributed by atoms with Crippen LogP contribution in [0.1, 0.15) is 15.9 Å². The van der Waals surface area contributed by atoms with Crippen LogP contribution in [0.3, 0.4) is 0 Å². The monoisotopic (exact) mass is 560 g/mol. The predicted octanol–water partition coefficient (Wildman–Crippen LogP) is 3.55. The molecule has 0 saturated carbocycles. The zero-order valence-corrected chi connectivity index (χ0v) is 23.1. The summed E-state index contributed by atoms with van der Waals surface area (Å²) < 4.78 is 7.30. The first kappa shape index (κ1) is 28.6. The number of ether oxygens (including phenoxy) is 1. The van der Waals surface area contributed by atoms with Crippen molar-refractivity contribution in [2.24, 2.45) is 10.9 Å². The molecule has 12 heteroatoms. The maximum absolute atomic E-state index is 12.7. The number of rotatable bonds is 7. The summed E-state index contributed by atoms with van der Waals surface area (Å²) >= 11 is 0.916. The number of aldehydes is 1. The first-order valence-corrected chi connectivity index (χ1v) is 13.5. The number of nitrogens with zero attached hydrogens (tertiary/aromatic N) is 4. The number of aromatic nitrogens is 3. The third-order valence-electron chi connectivity index (χ3n) is 6.29. The molecule has 1 saturated heterocycles. The lowest BCUT2D eigenvalue weighted by Crippen LogP contribution is -2.40. The van der Waals surface area contributed by atoms with Gasteiger partial charge in [-0.15, -0.1) is 0 Å². The number of morpholine rings is 1. The molecule has 11 nitrogen and oxygen atoms in total. The first-order chi connectivity index (χ1) is 19.4. The van der Waals surface area contributed by atoms with Crippen molar-refractivity contribution in [1.82, 2.24) is 19.3 Å². The smallest absolute Gasteiger partial charge is 0.254 e. The topological polar surface area (TPSA) is 153 Å². The highest BCUT2D eigenvalue weighted by atomic mass is 32.2. The fourth-order valence-electron chi connectivity index (χ4n) is 4.22. The molecule has 5 rings (SSSR count). The summed E-state index contributed by atoms with van der Waals surface area (Å²) in [6, 6.07) is 13.6. The molecule has 0 radical (unpaired) electrons. The molecular formula is C28H32N8O3S. The van der Waals surface area contributed by atoms with Crippen molar-refractivity contribution in [3.63, 3.8) is 0 Å². The first-order valence-electron chi connectivity index (χ1n) is 12.6. The van der Waals surface area contributed by atoms with Crippen LogP contribution in [0, 0.1) is 6.92 Å². The molecule has 40 heavy (non-hydrogen) atoms. The highest BCUT2D eigenvalue weighted by Crippen LogP contribution is 2.30. The molecule has 2 aromatic heterocycles. The Labute approximate surface area is 236 Å². The average Bonchev–Trinajstić information content (AvgIpc) is 3.47. The van der Waals surface area contributed by atoms with Crippen molar-refractivity contribution in [1.29, 1.82) is 0 Å². The van der Waals surface area contributed by atoms with Gasteiger partial charge >= 0.3 is 0 Å². The minimum absolute atomic E-state index is 0.0283. The van der Waals surface area contributed by atoms with Crippen LogP contribution in [0.5, 0.6) is 0 Å². The summed E-state index contributed by atoms with van der Waals surface area (Å²) in [6.07, 6.45) is 6.19. The molecule has 0 spiro atoms. The number of hydrogen-bond donors (Lipinski definition) is 4. The van der Waals surface area contributed by atoms with Crippen molar-refractivity contribution >= 4 is 47.0 Å². The molecule has 1 fully saturated rings. The summed E-state index contributed by atoms with van der Waals surface area (Å²) in [5.41, 5.74) is 11.5. The second kappa shape index (κ2) is 13.6. The zero-order valence-electron chi connectivity index (χ0n) is 22.3. The van der Waals surface area contributed by atoms with E-state index in [0.29, 0.717) is 44.0 Å². The molecule has 2 aromatic carbocycles. The fourth-order valence-corrected chi connectivity index (χ4v) is 4.43. The van der Waals surface area contributed by atoms with Crippen LogP contribution in [-0.4, -0.2) is 64.8 Å². The fraction of sp³-hybridized carbons (Fsp3) is 0.214. The van der Waals surface area contributed by atoms with Gasteiger partial charge in [-0.1, -0.05) is 24.1 Å². The van der Waals surface area contributed by atoms with E-state index in [9.17, 15) is 9.59 Å². The van der Waals surface area contributed by atoms with Crippen molar-refractivity contribution in [3.8, 4) is 11.3 Å². The van der Waals surface area contributed by atoms with Gasteiger partial charge in [-0.25, -0.2) is 9.97 Å². The zero-order chi connectivity index (χ0) is 28.5. The van der Waals surface area contributed by atoms with E-state index in [1.807, 2.05) is 65.1 Å². The van der Waals surface area contributed by atoms with Crippen LogP contribution in [0.4, 0.5) is 17.2 Å². The van der Waals surface area contributed by atoms with Crippen molar-refractivity contribution in [2.75, 3.05) is 44.0 Å². The van der Waals surface area contributed by atoms with Crippen LogP contribution >= 0.6 is 11.9 Å². The van der Waals surface area contributed by atoms with E-state index in [1.165, 1.54) is 5.41 Å². The van der Waals surface area contributed by atoms with Gasteiger partial charge in [0.15, 0.2) is 17.8 Å². The van der Waals surface area contributed by atoms with Crippen molar-refractivity contribution < 1.29 is 14.3 Å². The lowest BCUT2D eigenvalue weighted by Gasteiger charge is -2.26. The Balaban J connectivity index is 0.000000470. The largest absolute Gasteiger partial charge is 0.396 e. The van der Waals surface area contributed by atoms with Gasteiger partial charge in [-0.2, -0.15) is 0 Å². The standard InChI is InChI=1S/C25H26N6O2.C3H6N2OS/c1-17-20(4-3-5-21(17)26-2)22-16-31-11-10-27-24(31)23(29-22)28-19-8-6-18(7-9-19)25(32)30-12-14-33-15-13-30;4-3(1-6)2-7-5/h3-11,16,26H,12-15H2,1-2H3,(H,28,29);1-2H,4-5H2/b;3-2-. The van der Waals surface area contributed by atoms with E-state index in [1.54, 1.807) is 6.20 Å². The number of imidazole rings is 1. The number of carbonyl (C=O) groups excluding carboxylic acids is 2. The summed E-state index contributed by atoms with van der Waals surface area (Å²) in [7, 11) is 1.92. The highest BCUT2D eigenvalue weighted by molar-refractivity contribution is 8.00. The molecule has 1 amide bonds. The summed E-state index contributed by atoms with van der Waals surface area (Å²) in [6.45, 7) is 4.51. The van der Waals surface area contributed by atoms with E-state index < -0.39 is 0 Å². The number of nitrogens with one attached hydrogen (secondary N) is 2. The van der Waals surface area contributed by atoms with Gasteiger partial charge in [0.1, 0.15) is 0 Å². The lowest BCUT2D eigenvalue weighted by atomic mass is 10.0. The minimum atomic E-state index is 0.0283. The van der Waals surface area contributed by atoms with Gasteiger partial charge in [0.25, 0.3) is 5.91 Å². The molecule has 6 N–H and O–H groups in total. The Bertz CT molecular complexity index is 1500. The number of carbonyl (C=O) groups is 2. The maximum Gasteiger partial charge on any atom is 0.254 e. The Hall–Kier alpha value is -4.39. The van der Waals surface area contributed by atoms with E-state index in [-0.39, 0.29) is 11.6 Å². The molecule has 1 aliphatic rings. The highest BCUT2D eigenvalue weighted by Gasteiger charge is 2.18. The summed E-state index contributed by atoms with van der Waals surface area (Å²) in [5, 5.41) is 12.9. The van der Waals surface area contributed by atoms with Gasteiger partial charge in [0, 0.05) is 66.6 Å². The molecule has 4 aromatic rings. The van der Waals surface area contributed by atoms with E-state index in [4.69, 9.17) is 20.6 Å². The Morgan fingerprint density at radius 2 is 1.90 bits per heavy atom. The van der Waals surface area contributed by atoms with E-state index in [2.05, 4.69) is 28.6 Å². The molecule has 0 bridgehead atoms. The molecular weight excluding hydrogens is 528 g/mol. The number of nitrogens with two attached hydrogens (primary N) is 2. The normalized spacial score (nSPS) is 13.4. The van der Waals surface area contributed by atoms with E-state index in [0.717, 1.165) is 45.8 Å². The number of benzene rings is 2. The molecule has 0 aliphatic carbocycles. The Kier molecular flexibility index (Phi) is 9.73.